The monoisotopic (exact) mass is 530 g/mol. The number of carboxylic acid groups (broad SMARTS) is 2. The summed E-state index contributed by atoms with van der Waals surface area (Å²) in [6, 6.07) is -5.34. The number of rotatable bonds is 18. The average Bonchev–Trinajstić information content (AvgIpc) is 2.76. The lowest BCUT2D eigenvalue weighted by Gasteiger charge is -2.25. The molecule has 0 bridgehead atoms. The van der Waals surface area contributed by atoms with Crippen molar-refractivity contribution in [3.8, 4) is 0 Å². The van der Waals surface area contributed by atoms with Gasteiger partial charge in [0, 0.05) is 13.0 Å². The predicted octanol–water partition coefficient (Wildman–Crippen LogP) is -3.31. The second-order valence-electron chi connectivity index (χ2n) is 8.81. The number of nitrogens with one attached hydrogen (secondary N) is 3. The molecule has 4 atom stereocenters. The van der Waals surface area contributed by atoms with Gasteiger partial charge in [-0.15, -0.1) is 0 Å². The zero-order valence-electron chi connectivity index (χ0n) is 20.9. The highest BCUT2D eigenvalue weighted by Crippen LogP contribution is 2.07. The molecule has 0 aromatic carbocycles. The van der Waals surface area contributed by atoms with E-state index >= 15 is 0 Å². The van der Waals surface area contributed by atoms with Gasteiger partial charge in [0.2, 0.25) is 23.6 Å². The largest absolute Gasteiger partial charge is 0.481 e. The molecule has 37 heavy (non-hydrogen) atoms. The van der Waals surface area contributed by atoms with Crippen LogP contribution in [-0.4, -0.2) is 82.5 Å². The van der Waals surface area contributed by atoms with Crippen molar-refractivity contribution >= 4 is 41.5 Å². The molecule has 0 aliphatic carbocycles. The van der Waals surface area contributed by atoms with Gasteiger partial charge in [0.05, 0.1) is 12.5 Å². The molecule has 0 saturated heterocycles. The van der Waals surface area contributed by atoms with Gasteiger partial charge in [0.25, 0.3) is 0 Å². The summed E-state index contributed by atoms with van der Waals surface area (Å²) in [4.78, 5) is 75.6. The Kier molecular flexibility index (Phi) is 14.9. The van der Waals surface area contributed by atoms with E-state index in [0.717, 1.165) is 0 Å². The van der Waals surface area contributed by atoms with Gasteiger partial charge in [-0.2, -0.15) is 0 Å². The molecule has 13 N–H and O–H groups in total. The molecule has 0 aliphatic heterocycles. The highest BCUT2D eigenvalue weighted by Gasteiger charge is 2.31. The number of guanidine groups is 1. The van der Waals surface area contributed by atoms with Gasteiger partial charge in [-0.3, -0.25) is 29.0 Å². The molecule has 0 aromatic heterocycles. The van der Waals surface area contributed by atoms with Gasteiger partial charge in [0.15, 0.2) is 5.96 Å². The van der Waals surface area contributed by atoms with Crippen LogP contribution < -0.4 is 38.9 Å². The summed E-state index contributed by atoms with van der Waals surface area (Å²) in [5.41, 5.74) is 21.6. The maximum Gasteiger partial charge on any atom is 0.326 e. The van der Waals surface area contributed by atoms with E-state index in [1.165, 1.54) is 0 Å². The Labute approximate surface area is 214 Å². The lowest BCUT2D eigenvalue weighted by molar-refractivity contribution is -0.147. The molecule has 0 rings (SSSR count). The second-order valence-corrected chi connectivity index (χ2v) is 8.81. The van der Waals surface area contributed by atoms with Gasteiger partial charge >= 0.3 is 11.9 Å². The summed E-state index contributed by atoms with van der Waals surface area (Å²) in [6.07, 6.45) is -0.937. The smallest absolute Gasteiger partial charge is 0.326 e. The number of amides is 4. The van der Waals surface area contributed by atoms with Crippen LogP contribution in [0.15, 0.2) is 4.99 Å². The molecule has 0 aromatic rings. The molecule has 0 radical (unpaired) electrons. The van der Waals surface area contributed by atoms with Crippen LogP contribution in [-0.2, 0) is 28.8 Å². The molecular formula is C21H38N8O8. The highest BCUT2D eigenvalue weighted by atomic mass is 16.4. The zero-order valence-corrected chi connectivity index (χ0v) is 20.9. The Morgan fingerprint density at radius 1 is 0.811 bits per heavy atom. The third-order valence-corrected chi connectivity index (χ3v) is 4.95. The summed E-state index contributed by atoms with van der Waals surface area (Å²) < 4.78 is 0. The summed E-state index contributed by atoms with van der Waals surface area (Å²) in [7, 11) is 0. The number of hydrogen-bond donors (Lipinski definition) is 9. The van der Waals surface area contributed by atoms with Crippen LogP contribution in [0.4, 0.5) is 0 Å². The standard InChI is InChI=1S/C21H38N8O8/c1-10(2)8-11(22)17(33)27-12(4-3-7-26-21(24)25)18(34)28-13(5-6-15(23)30)19(35)29-14(20(36)37)9-16(31)32/h10-14H,3-9,22H2,1-2H3,(H2,23,30)(H,27,33)(H,28,34)(H,29,35)(H,31,32)(H,36,37)(H4,24,25,26). The summed E-state index contributed by atoms with van der Waals surface area (Å²) in [5.74, 6) is -6.44. The maximum atomic E-state index is 13.1. The normalized spacial score (nSPS) is 13.9. The fourth-order valence-electron chi connectivity index (χ4n) is 3.14. The number of carbonyl (C=O) groups is 6. The van der Waals surface area contributed by atoms with Gasteiger partial charge < -0.3 is 49.1 Å². The minimum Gasteiger partial charge on any atom is -0.481 e. The number of aliphatic imine (C=N–C) groups is 1. The van der Waals surface area contributed by atoms with Crippen molar-refractivity contribution in [2.75, 3.05) is 6.54 Å². The number of nitrogens with zero attached hydrogens (tertiary/aromatic N) is 1. The quantitative estimate of drug-likeness (QED) is 0.0480. The van der Waals surface area contributed by atoms with Crippen molar-refractivity contribution in [1.82, 2.24) is 16.0 Å². The second kappa shape index (κ2) is 16.7. The molecule has 4 unspecified atom stereocenters. The van der Waals surface area contributed by atoms with Crippen molar-refractivity contribution in [1.29, 1.82) is 0 Å². The van der Waals surface area contributed by atoms with Crippen LogP contribution in [0, 0.1) is 5.92 Å². The van der Waals surface area contributed by atoms with E-state index in [2.05, 4.69) is 15.6 Å². The number of hydrogen-bond acceptors (Lipinski definition) is 8. The fourth-order valence-corrected chi connectivity index (χ4v) is 3.14. The van der Waals surface area contributed by atoms with E-state index in [-0.39, 0.29) is 44.1 Å². The molecular weight excluding hydrogens is 492 g/mol. The number of carboxylic acids is 2. The lowest BCUT2D eigenvalue weighted by Crippen LogP contribution is -2.57. The molecule has 0 aliphatic rings. The lowest BCUT2D eigenvalue weighted by atomic mass is 10.0. The van der Waals surface area contributed by atoms with Gasteiger partial charge in [-0.05, 0) is 31.6 Å². The Bertz CT molecular complexity index is 859. The van der Waals surface area contributed by atoms with E-state index in [1.807, 2.05) is 19.2 Å². The van der Waals surface area contributed by atoms with Crippen molar-refractivity contribution in [3.05, 3.63) is 0 Å². The maximum absolute atomic E-state index is 13.1. The number of primary amides is 1. The van der Waals surface area contributed by atoms with Crippen molar-refractivity contribution in [3.63, 3.8) is 0 Å². The highest BCUT2D eigenvalue weighted by molar-refractivity contribution is 5.94. The molecule has 210 valence electrons. The van der Waals surface area contributed by atoms with Gasteiger partial charge in [-0.1, -0.05) is 13.8 Å². The van der Waals surface area contributed by atoms with E-state index in [4.69, 9.17) is 28.0 Å². The summed E-state index contributed by atoms with van der Waals surface area (Å²) >= 11 is 0. The first-order chi connectivity index (χ1) is 17.1. The number of nitrogens with two attached hydrogens (primary N) is 4. The molecule has 0 saturated carbocycles. The average molecular weight is 531 g/mol. The van der Waals surface area contributed by atoms with Gasteiger partial charge in [0.1, 0.15) is 18.1 Å². The van der Waals surface area contributed by atoms with Crippen LogP contribution >= 0.6 is 0 Å². The van der Waals surface area contributed by atoms with Crippen LogP contribution in [0.2, 0.25) is 0 Å². The summed E-state index contributed by atoms with van der Waals surface area (Å²) in [6.45, 7) is 3.87. The zero-order chi connectivity index (χ0) is 28.7. The fraction of sp³-hybridized carbons (Fsp3) is 0.667. The van der Waals surface area contributed by atoms with E-state index < -0.39 is 66.2 Å². The third-order valence-electron chi connectivity index (χ3n) is 4.95. The first kappa shape index (κ1) is 33.0. The Morgan fingerprint density at radius 3 is 1.78 bits per heavy atom. The van der Waals surface area contributed by atoms with E-state index in [0.29, 0.717) is 6.42 Å². The first-order valence-corrected chi connectivity index (χ1v) is 11.6. The SMILES string of the molecule is CC(C)CC(N)C(=O)NC(CCCN=C(N)N)C(=O)NC(CCC(N)=O)C(=O)NC(CC(=O)O)C(=O)O. The molecule has 0 heterocycles. The first-order valence-electron chi connectivity index (χ1n) is 11.6. The van der Waals surface area contributed by atoms with Crippen LogP contribution in [0.5, 0.6) is 0 Å². The van der Waals surface area contributed by atoms with E-state index in [1.54, 1.807) is 0 Å². The molecule has 0 fully saturated rings. The topological polar surface area (TPSA) is 295 Å². The van der Waals surface area contributed by atoms with Gasteiger partial charge in [-0.25, -0.2) is 4.79 Å². The van der Waals surface area contributed by atoms with Crippen molar-refractivity contribution in [2.45, 2.75) is 76.5 Å². The molecule has 16 nitrogen and oxygen atoms in total. The molecule has 0 spiro atoms. The van der Waals surface area contributed by atoms with Crippen LogP contribution in [0.1, 0.15) is 52.4 Å². The Morgan fingerprint density at radius 2 is 1.32 bits per heavy atom. The minimum atomic E-state index is -1.79. The Hall–Kier alpha value is -3.95. The van der Waals surface area contributed by atoms with Crippen molar-refractivity contribution in [2.24, 2.45) is 33.8 Å². The molecule has 4 amide bonds. The third kappa shape index (κ3) is 14.9. The number of carbonyl (C=O) groups excluding carboxylic acids is 4. The van der Waals surface area contributed by atoms with E-state index in [9.17, 15) is 33.9 Å². The van der Waals surface area contributed by atoms with Crippen molar-refractivity contribution < 1.29 is 39.0 Å². The van der Waals surface area contributed by atoms with Crippen LogP contribution in [0.25, 0.3) is 0 Å². The molecule has 16 heteroatoms. The Balaban J connectivity index is 5.71. The number of aliphatic carboxylic acids is 2. The predicted molar refractivity (Wildman–Crippen MR) is 131 cm³/mol. The minimum absolute atomic E-state index is 0.0453. The summed E-state index contributed by atoms with van der Waals surface area (Å²) in [5, 5.41) is 25.0. The van der Waals surface area contributed by atoms with Crippen LogP contribution in [0.3, 0.4) is 0 Å².